The zero-order chi connectivity index (χ0) is 14.2. The highest BCUT2D eigenvalue weighted by Crippen LogP contribution is 2.28. The molecule has 2 heterocycles. The minimum absolute atomic E-state index is 0.227. The Balaban J connectivity index is 2.35. The molecule has 0 bridgehead atoms. The highest BCUT2D eigenvalue weighted by atomic mass is 19.1. The Kier molecular flexibility index (Phi) is 3.78. The summed E-state index contributed by atoms with van der Waals surface area (Å²) in [5.74, 6) is 3.61. The summed E-state index contributed by atoms with van der Waals surface area (Å²) in [5, 5.41) is 19.4. The lowest BCUT2D eigenvalue weighted by atomic mass is 10.1. The summed E-state index contributed by atoms with van der Waals surface area (Å²) in [7, 11) is 0. The molecule has 9 nitrogen and oxygen atoms in total. The van der Waals surface area contributed by atoms with Crippen molar-refractivity contribution < 1.29 is 24.2 Å². The largest absolute Gasteiger partial charge is 0.387 e. The van der Waals surface area contributed by atoms with Crippen molar-refractivity contribution in [3.63, 3.8) is 0 Å². The molecular formula is C9H12FN3O6. The molecule has 1 fully saturated rings. The first-order chi connectivity index (χ1) is 8.95. The first-order valence-corrected chi connectivity index (χ1v) is 5.30. The number of hydrogen-bond acceptors (Lipinski definition) is 7. The molecule has 19 heavy (non-hydrogen) atoms. The van der Waals surface area contributed by atoms with Gasteiger partial charge in [0.2, 0.25) is 5.82 Å². The molecule has 0 radical (unpaired) electrons. The average Bonchev–Trinajstić information content (AvgIpc) is 2.63. The highest BCUT2D eigenvalue weighted by Gasteiger charge is 2.44. The molecule has 1 aliphatic rings. The van der Waals surface area contributed by atoms with E-state index in [1.165, 1.54) is 0 Å². The van der Waals surface area contributed by atoms with Crippen molar-refractivity contribution in [2.75, 3.05) is 6.61 Å². The minimum atomic E-state index is -1.50. The zero-order valence-electron chi connectivity index (χ0n) is 9.52. The number of nitrogens with two attached hydrogens (primary N) is 1. The van der Waals surface area contributed by atoms with Crippen molar-refractivity contribution in [1.29, 1.82) is 0 Å². The second-order valence-electron chi connectivity index (χ2n) is 4.02. The van der Waals surface area contributed by atoms with E-state index in [0.717, 1.165) is 0 Å². The van der Waals surface area contributed by atoms with Crippen LogP contribution < -0.4 is 17.1 Å². The summed E-state index contributed by atoms with van der Waals surface area (Å²) in [6.07, 6.45) is -4.60. The van der Waals surface area contributed by atoms with Crippen LogP contribution in [0.3, 0.4) is 0 Å². The van der Waals surface area contributed by atoms with Crippen LogP contribution in [0.1, 0.15) is 6.23 Å². The van der Waals surface area contributed by atoms with Gasteiger partial charge in [0, 0.05) is 0 Å². The van der Waals surface area contributed by atoms with E-state index in [2.05, 4.69) is 4.84 Å². The van der Waals surface area contributed by atoms with E-state index in [0.29, 0.717) is 10.8 Å². The number of H-pyrrole nitrogens is 1. The maximum absolute atomic E-state index is 13.1. The predicted octanol–water partition coefficient (Wildman–Crippen LogP) is -2.81. The van der Waals surface area contributed by atoms with Crippen LogP contribution in [0.4, 0.5) is 4.39 Å². The van der Waals surface area contributed by atoms with Crippen LogP contribution in [0.2, 0.25) is 0 Å². The Bertz CT molecular complexity index is 572. The number of nitrogens with one attached hydrogen (secondary N) is 1. The molecule has 1 aromatic heterocycles. The number of ether oxygens (including phenoxy) is 1. The number of aliphatic hydroxyl groups is 2. The van der Waals surface area contributed by atoms with Crippen molar-refractivity contribution in [2.24, 2.45) is 5.90 Å². The van der Waals surface area contributed by atoms with Crippen molar-refractivity contribution in [3.05, 3.63) is 32.9 Å². The number of aromatic nitrogens is 2. The van der Waals surface area contributed by atoms with E-state index in [9.17, 15) is 24.2 Å². The van der Waals surface area contributed by atoms with Crippen molar-refractivity contribution in [3.8, 4) is 0 Å². The zero-order valence-corrected chi connectivity index (χ0v) is 9.52. The Hall–Kier alpha value is -1.59. The van der Waals surface area contributed by atoms with Crippen molar-refractivity contribution >= 4 is 0 Å². The highest BCUT2D eigenvalue weighted by molar-refractivity contribution is 4.94. The van der Waals surface area contributed by atoms with Gasteiger partial charge in [0.1, 0.15) is 18.3 Å². The van der Waals surface area contributed by atoms with Gasteiger partial charge < -0.3 is 19.8 Å². The SMILES string of the molecule is NOC[C@H]1O[C@@H](n2cc(F)c(=O)[nH]c2=O)[C@H](O)[C@@H]1O. The number of nitrogens with zero attached hydrogens (tertiary/aromatic N) is 1. The molecule has 1 saturated heterocycles. The van der Waals surface area contributed by atoms with E-state index in [1.807, 2.05) is 0 Å². The number of halogens is 1. The second-order valence-corrected chi connectivity index (χ2v) is 4.02. The van der Waals surface area contributed by atoms with Crippen LogP contribution in [0, 0.1) is 5.82 Å². The topological polar surface area (TPSA) is 140 Å². The van der Waals surface area contributed by atoms with Gasteiger partial charge in [-0.3, -0.25) is 14.3 Å². The summed E-state index contributed by atoms with van der Waals surface area (Å²) in [4.78, 5) is 28.4. The van der Waals surface area contributed by atoms with Crippen molar-refractivity contribution in [2.45, 2.75) is 24.5 Å². The van der Waals surface area contributed by atoms with E-state index in [1.54, 1.807) is 4.98 Å². The molecule has 1 aliphatic heterocycles. The van der Waals surface area contributed by atoms with Gasteiger partial charge in [-0.1, -0.05) is 0 Å². The van der Waals surface area contributed by atoms with Gasteiger partial charge >= 0.3 is 5.69 Å². The molecule has 10 heteroatoms. The Morgan fingerprint density at radius 1 is 1.47 bits per heavy atom. The van der Waals surface area contributed by atoms with Gasteiger partial charge in [0.25, 0.3) is 5.56 Å². The van der Waals surface area contributed by atoms with Gasteiger partial charge in [-0.15, -0.1) is 0 Å². The molecule has 0 spiro atoms. The molecule has 106 valence electrons. The van der Waals surface area contributed by atoms with E-state index >= 15 is 0 Å². The molecule has 0 unspecified atom stereocenters. The molecule has 1 aromatic rings. The summed E-state index contributed by atoms with van der Waals surface area (Å²) >= 11 is 0. The molecule has 0 amide bonds. The van der Waals surface area contributed by atoms with Crippen molar-refractivity contribution in [1.82, 2.24) is 9.55 Å². The Morgan fingerprint density at radius 2 is 2.16 bits per heavy atom. The van der Waals surface area contributed by atoms with Crippen LogP contribution in [-0.4, -0.2) is 44.7 Å². The molecule has 0 aliphatic carbocycles. The summed E-state index contributed by atoms with van der Waals surface area (Å²) < 4.78 is 18.9. The van der Waals surface area contributed by atoms with E-state index in [4.69, 9.17) is 10.6 Å². The van der Waals surface area contributed by atoms with Gasteiger partial charge in [-0.25, -0.2) is 10.7 Å². The number of hydrogen-bond donors (Lipinski definition) is 4. The van der Waals surface area contributed by atoms with Crippen LogP contribution in [0.25, 0.3) is 0 Å². The molecule has 0 aromatic carbocycles. The maximum atomic E-state index is 13.1. The normalized spacial score (nSPS) is 30.7. The lowest BCUT2D eigenvalue weighted by Crippen LogP contribution is -2.38. The molecule has 5 N–H and O–H groups in total. The van der Waals surface area contributed by atoms with Crippen LogP contribution in [-0.2, 0) is 9.57 Å². The number of rotatable bonds is 3. The van der Waals surface area contributed by atoms with Crippen LogP contribution in [0.5, 0.6) is 0 Å². The smallest absolute Gasteiger partial charge is 0.330 e. The third-order valence-corrected chi connectivity index (χ3v) is 2.80. The maximum Gasteiger partial charge on any atom is 0.330 e. The third kappa shape index (κ3) is 2.43. The van der Waals surface area contributed by atoms with Gasteiger partial charge in [-0.2, -0.15) is 4.39 Å². The first-order valence-electron chi connectivity index (χ1n) is 5.30. The standard InChI is InChI=1S/C9H12FN3O6/c10-3-1-13(9(17)12-7(3)16)8-6(15)5(14)4(19-8)2-18-11/h1,4-6,8,14-15H,2,11H2,(H,12,16,17)/t4-,5-,6-,8-/m1/s1. The lowest BCUT2D eigenvalue weighted by molar-refractivity contribution is -0.0692. The summed E-state index contributed by atoms with van der Waals surface area (Å²) in [6, 6.07) is 0. The predicted molar refractivity (Wildman–Crippen MR) is 57.3 cm³/mol. The summed E-state index contributed by atoms with van der Waals surface area (Å²) in [6.45, 7) is -0.227. The fraction of sp³-hybridized carbons (Fsp3) is 0.556. The van der Waals surface area contributed by atoms with E-state index < -0.39 is 41.6 Å². The second kappa shape index (κ2) is 5.19. The van der Waals surface area contributed by atoms with Gasteiger partial charge in [-0.05, 0) is 0 Å². The Labute approximate surface area is 104 Å². The molecule has 2 rings (SSSR count). The quantitative estimate of drug-likeness (QED) is 0.437. The summed E-state index contributed by atoms with van der Waals surface area (Å²) in [5.41, 5.74) is -2.16. The number of aromatic amines is 1. The Morgan fingerprint density at radius 3 is 2.79 bits per heavy atom. The van der Waals surface area contributed by atoms with Crippen LogP contribution >= 0.6 is 0 Å². The van der Waals surface area contributed by atoms with Crippen LogP contribution in [0.15, 0.2) is 15.8 Å². The van der Waals surface area contributed by atoms with E-state index in [-0.39, 0.29) is 6.61 Å². The van der Waals surface area contributed by atoms with Gasteiger partial charge in [0.15, 0.2) is 6.23 Å². The minimum Gasteiger partial charge on any atom is -0.387 e. The number of aliphatic hydroxyl groups excluding tert-OH is 2. The fourth-order valence-corrected chi connectivity index (χ4v) is 1.84. The van der Waals surface area contributed by atoms with Gasteiger partial charge in [0.05, 0.1) is 12.8 Å². The third-order valence-electron chi connectivity index (χ3n) is 2.80. The average molecular weight is 277 g/mol. The monoisotopic (exact) mass is 277 g/mol. The first kappa shape index (κ1) is 13.8. The molecular weight excluding hydrogens is 265 g/mol. The molecule has 4 atom stereocenters. The molecule has 0 saturated carbocycles. The lowest BCUT2D eigenvalue weighted by Gasteiger charge is -2.16. The fourth-order valence-electron chi connectivity index (χ4n) is 1.84.